The Morgan fingerprint density at radius 2 is 1.77 bits per heavy atom. The number of aromatic nitrogens is 3. The molecule has 1 N–H and O–H groups in total. The molecule has 1 atom stereocenters. The van der Waals surface area contributed by atoms with Crippen molar-refractivity contribution >= 4 is 40.0 Å². The van der Waals surface area contributed by atoms with Gasteiger partial charge < -0.3 is 5.32 Å². The zero-order valence-corrected chi connectivity index (χ0v) is 21.3. The van der Waals surface area contributed by atoms with Crippen LogP contribution in [0.2, 0.25) is 5.02 Å². The zero-order chi connectivity index (χ0) is 25.3. The van der Waals surface area contributed by atoms with E-state index >= 15 is 0 Å². The summed E-state index contributed by atoms with van der Waals surface area (Å²) in [5.74, 6) is -0.778. The third-order valence-electron chi connectivity index (χ3n) is 6.04. The topological polar surface area (TPSA) is 76.9 Å². The number of hydrogen-bond acceptors (Lipinski definition) is 4. The number of ketones is 1. The Bertz CT molecular complexity index is 1420. The number of anilines is 1. The highest BCUT2D eigenvalue weighted by atomic mass is 35.5. The van der Waals surface area contributed by atoms with Gasteiger partial charge in [0.1, 0.15) is 5.52 Å². The highest BCUT2D eigenvalue weighted by Gasteiger charge is 2.38. The monoisotopic (exact) mass is 488 g/mol. The Balaban J connectivity index is 1.67. The zero-order valence-electron chi connectivity index (χ0n) is 20.6. The Labute approximate surface area is 210 Å². The van der Waals surface area contributed by atoms with Gasteiger partial charge in [0, 0.05) is 5.41 Å². The number of Topliss-reactive ketones (excluding diaryl/α,β-unsaturated/α-hetero) is 1. The third-order valence-corrected chi connectivity index (χ3v) is 6.37. The van der Waals surface area contributed by atoms with Gasteiger partial charge >= 0.3 is 0 Å². The van der Waals surface area contributed by atoms with Crippen LogP contribution in [0.3, 0.4) is 0 Å². The maximum atomic E-state index is 13.6. The van der Waals surface area contributed by atoms with Gasteiger partial charge in [-0.25, -0.2) is 4.68 Å². The average Bonchev–Trinajstić information content (AvgIpc) is 3.21. The van der Waals surface area contributed by atoms with Crippen LogP contribution in [0, 0.1) is 19.3 Å². The lowest BCUT2D eigenvalue weighted by Gasteiger charge is -2.24. The van der Waals surface area contributed by atoms with Gasteiger partial charge in [-0.2, -0.15) is 0 Å². The van der Waals surface area contributed by atoms with E-state index in [2.05, 4.69) is 47.7 Å². The molecule has 0 spiro atoms. The number of carbonyl (C=O) groups is 2. The smallest absolute Gasteiger partial charge is 0.257 e. The molecule has 4 rings (SSSR count). The normalized spacial score (nSPS) is 12.5. The molecule has 6 nitrogen and oxygen atoms in total. The van der Waals surface area contributed by atoms with Crippen molar-refractivity contribution in [2.75, 3.05) is 5.32 Å². The number of para-hydroxylation sites is 1. The minimum absolute atomic E-state index is 0.270. The number of nitrogens with zero attached hydrogens (tertiary/aromatic N) is 3. The minimum Gasteiger partial charge on any atom is -0.322 e. The average molecular weight is 489 g/mol. The van der Waals surface area contributed by atoms with Crippen LogP contribution < -0.4 is 5.32 Å². The second kappa shape index (κ2) is 9.62. The van der Waals surface area contributed by atoms with Crippen molar-refractivity contribution in [2.45, 2.75) is 47.1 Å². The Morgan fingerprint density at radius 3 is 2.49 bits per heavy atom. The predicted octanol–water partition coefficient (Wildman–Crippen LogP) is 6.09. The summed E-state index contributed by atoms with van der Waals surface area (Å²) in [6, 6.07) is 18.0. The van der Waals surface area contributed by atoms with E-state index in [0.29, 0.717) is 28.2 Å². The van der Waals surface area contributed by atoms with Crippen LogP contribution in [-0.2, 0) is 16.0 Å². The second-order valence-electron chi connectivity index (χ2n) is 9.95. The van der Waals surface area contributed by atoms with E-state index in [9.17, 15) is 9.59 Å². The molecule has 35 heavy (non-hydrogen) atoms. The molecule has 7 heteroatoms. The number of halogens is 1. The molecule has 0 aliphatic heterocycles. The molecular formula is C28H29ClN4O2. The van der Waals surface area contributed by atoms with E-state index in [1.54, 1.807) is 39.0 Å². The molecule has 1 heterocycles. The SMILES string of the molecule is Cc1ccc(Cc2ccc(Cl)c(NC(=O)C(C(=O)C(C)(C)C)n3nnc4ccccc43)c2)c(C)c1. The first-order valence-electron chi connectivity index (χ1n) is 11.5. The van der Waals surface area contributed by atoms with Crippen LogP contribution in [-0.4, -0.2) is 26.7 Å². The van der Waals surface area contributed by atoms with Crippen molar-refractivity contribution in [1.82, 2.24) is 15.0 Å². The number of benzene rings is 3. The number of carbonyl (C=O) groups excluding carboxylic acids is 2. The van der Waals surface area contributed by atoms with Gasteiger partial charge in [-0.3, -0.25) is 9.59 Å². The first-order valence-corrected chi connectivity index (χ1v) is 11.9. The van der Waals surface area contributed by atoms with E-state index in [-0.39, 0.29) is 5.78 Å². The summed E-state index contributed by atoms with van der Waals surface area (Å²) < 4.78 is 1.39. The summed E-state index contributed by atoms with van der Waals surface area (Å²) in [6.45, 7) is 9.51. The third kappa shape index (κ3) is 5.28. The van der Waals surface area contributed by atoms with Gasteiger partial charge in [0.25, 0.3) is 5.91 Å². The van der Waals surface area contributed by atoms with Crippen LogP contribution in [0.15, 0.2) is 60.7 Å². The molecule has 1 unspecified atom stereocenters. The number of rotatable bonds is 6. The fourth-order valence-electron chi connectivity index (χ4n) is 4.07. The molecule has 0 aliphatic rings. The molecule has 0 fully saturated rings. The first-order chi connectivity index (χ1) is 16.5. The van der Waals surface area contributed by atoms with Gasteiger partial charge in [-0.15, -0.1) is 5.10 Å². The van der Waals surface area contributed by atoms with Gasteiger partial charge in [-0.05, 0) is 61.2 Å². The standard InChI is InChI=1S/C28H29ClN4O2/c1-17-10-12-20(18(2)14-17)15-19-11-13-21(29)23(16-19)30-27(35)25(26(34)28(3,4)5)33-24-9-7-6-8-22(24)31-32-33/h6-14,16,25H,15H2,1-5H3,(H,30,35). The van der Waals surface area contributed by atoms with Crippen molar-refractivity contribution < 1.29 is 9.59 Å². The first kappa shape index (κ1) is 24.6. The van der Waals surface area contributed by atoms with Gasteiger partial charge in [0.2, 0.25) is 0 Å². The van der Waals surface area contributed by atoms with E-state index in [4.69, 9.17) is 11.6 Å². The summed E-state index contributed by atoms with van der Waals surface area (Å²) in [7, 11) is 0. The molecule has 3 aromatic carbocycles. The Kier molecular flexibility index (Phi) is 6.77. The van der Waals surface area contributed by atoms with Crippen LogP contribution >= 0.6 is 11.6 Å². The highest BCUT2D eigenvalue weighted by Crippen LogP contribution is 2.30. The molecule has 1 amide bonds. The van der Waals surface area contributed by atoms with Gasteiger partial charge in [0.15, 0.2) is 11.8 Å². The second-order valence-corrected chi connectivity index (χ2v) is 10.4. The molecule has 0 saturated carbocycles. The number of aryl methyl sites for hydroxylation is 2. The van der Waals surface area contributed by atoms with Gasteiger partial charge in [0.05, 0.1) is 16.2 Å². The van der Waals surface area contributed by atoms with Gasteiger partial charge in [-0.1, -0.05) is 79.5 Å². The quantitative estimate of drug-likeness (QED) is 0.333. The number of hydrogen-bond donors (Lipinski definition) is 1. The van der Waals surface area contributed by atoms with Crippen LogP contribution in [0.5, 0.6) is 0 Å². The molecule has 4 aromatic rings. The summed E-state index contributed by atoms with van der Waals surface area (Å²) in [5, 5.41) is 11.6. The van der Waals surface area contributed by atoms with E-state index in [1.807, 2.05) is 24.3 Å². The molecular weight excluding hydrogens is 460 g/mol. The summed E-state index contributed by atoms with van der Waals surface area (Å²) in [4.78, 5) is 27.0. The van der Waals surface area contributed by atoms with E-state index in [1.165, 1.54) is 21.4 Å². The molecule has 0 bridgehead atoms. The van der Waals surface area contributed by atoms with Crippen molar-refractivity contribution in [3.05, 3.63) is 87.9 Å². The molecule has 180 valence electrons. The van der Waals surface area contributed by atoms with Crippen LogP contribution in [0.4, 0.5) is 5.69 Å². The summed E-state index contributed by atoms with van der Waals surface area (Å²) in [5.41, 5.74) is 5.52. The summed E-state index contributed by atoms with van der Waals surface area (Å²) in [6.07, 6.45) is 0.699. The molecule has 0 aliphatic carbocycles. The van der Waals surface area contributed by atoms with E-state index < -0.39 is 17.4 Å². The molecule has 1 aromatic heterocycles. The van der Waals surface area contributed by atoms with Crippen molar-refractivity contribution in [1.29, 1.82) is 0 Å². The lowest BCUT2D eigenvalue weighted by molar-refractivity contribution is -0.135. The van der Waals surface area contributed by atoms with Crippen molar-refractivity contribution in [3.63, 3.8) is 0 Å². The largest absolute Gasteiger partial charge is 0.322 e. The fraction of sp³-hybridized carbons (Fsp3) is 0.286. The minimum atomic E-state index is -1.19. The van der Waals surface area contributed by atoms with Crippen molar-refractivity contribution in [2.24, 2.45) is 5.41 Å². The predicted molar refractivity (Wildman–Crippen MR) is 140 cm³/mol. The lowest BCUT2D eigenvalue weighted by atomic mass is 9.86. The molecule has 0 radical (unpaired) electrons. The highest BCUT2D eigenvalue weighted by molar-refractivity contribution is 6.34. The number of nitrogens with one attached hydrogen (secondary N) is 1. The Morgan fingerprint density at radius 1 is 1.03 bits per heavy atom. The lowest BCUT2D eigenvalue weighted by Crippen LogP contribution is -2.39. The number of fused-ring (bicyclic) bond motifs is 1. The number of amides is 1. The Hall–Kier alpha value is -3.51. The molecule has 0 saturated heterocycles. The van der Waals surface area contributed by atoms with E-state index in [0.717, 1.165) is 5.56 Å². The maximum Gasteiger partial charge on any atom is 0.257 e. The maximum absolute atomic E-state index is 13.6. The van der Waals surface area contributed by atoms with Crippen LogP contribution in [0.25, 0.3) is 11.0 Å². The van der Waals surface area contributed by atoms with Crippen LogP contribution in [0.1, 0.15) is 49.1 Å². The fourth-order valence-corrected chi connectivity index (χ4v) is 4.24. The summed E-state index contributed by atoms with van der Waals surface area (Å²) >= 11 is 6.46. The van der Waals surface area contributed by atoms with Crippen molar-refractivity contribution in [3.8, 4) is 0 Å².